The standard InChI is InChI=1S/C43H47ClN4O6/c1-28-32(8-5-9-35(28)36-10-6-12-39(29(36)2)52-15-7-13-47-24-34-19-43(34,51)27-47)26-54-41-18-40(53-25-31-16-30(20-45)21-46-22-31)33(17-37(41)44)23-48-14-4-3-11-38(48)42(49)50/h5-6,8-10,12,16-18,21-22,34,38,51H,3-4,7,11,13-15,19,23-27H2,1-2H3,(H,49,50)/t34?,38-,43-/m0/s1. The number of fused-ring (bicyclic) bond motifs is 1. The van der Waals surface area contributed by atoms with E-state index in [1.165, 1.54) is 6.20 Å². The molecule has 7 rings (SSSR count). The fraction of sp³-hybridized carbons (Fsp3) is 0.419. The lowest BCUT2D eigenvalue weighted by atomic mass is 9.93. The van der Waals surface area contributed by atoms with Gasteiger partial charge in [0.1, 0.15) is 42.6 Å². The third kappa shape index (κ3) is 8.50. The van der Waals surface area contributed by atoms with Crippen LogP contribution < -0.4 is 14.2 Å². The van der Waals surface area contributed by atoms with Crippen molar-refractivity contribution < 1.29 is 29.2 Å². The molecule has 3 aliphatic rings. The zero-order valence-electron chi connectivity index (χ0n) is 30.9. The molecule has 4 aromatic rings. The summed E-state index contributed by atoms with van der Waals surface area (Å²) in [4.78, 5) is 20.5. The molecule has 1 aromatic heterocycles. The van der Waals surface area contributed by atoms with Gasteiger partial charge in [-0.2, -0.15) is 5.26 Å². The van der Waals surface area contributed by atoms with Crippen molar-refractivity contribution in [1.82, 2.24) is 14.8 Å². The topological polar surface area (TPSA) is 128 Å². The van der Waals surface area contributed by atoms with Crippen LogP contribution in [0.25, 0.3) is 11.1 Å². The zero-order chi connectivity index (χ0) is 37.8. The van der Waals surface area contributed by atoms with Gasteiger partial charge in [0.25, 0.3) is 0 Å². The lowest BCUT2D eigenvalue weighted by Crippen LogP contribution is -2.44. The van der Waals surface area contributed by atoms with E-state index in [1.807, 2.05) is 29.2 Å². The second kappa shape index (κ2) is 16.4. The molecule has 0 spiro atoms. The SMILES string of the molecule is Cc1c(COc2cc(OCc3cncc(C#N)c3)c(CN3CCCC[C@H]3C(=O)O)cc2Cl)cccc1-c1cccc(OCCCN2CC3C[C@]3(O)C2)c1C. The van der Waals surface area contributed by atoms with Crippen molar-refractivity contribution in [3.8, 4) is 34.4 Å². The minimum atomic E-state index is -0.833. The number of halogens is 1. The Morgan fingerprint density at radius 1 is 0.981 bits per heavy atom. The average molecular weight is 751 g/mol. The second-order valence-corrected chi connectivity index (χ2v) is 15.3. The number of aromatic nitrogens is 1. The molecule has 1 unspecified atom stereocenters. The minimum Gasteiger partial charge on any atom is -0.493 e. The number of carboxylic acid groups (broad SMARTS) is 1. The van der Waals surface area contributed by atoms with Gasteiger partial charge in [-0.05, 0) is 92.1 Å². The van der Waals surface area contributed by atoms with Crippen LogP contribution in [0.15, 0.2) is 67.0 Å². The summed E-state index contributed by atoms with van der Waals surface area (Å²) < 4.78 is 19.0. The maximum absolute atomic E-state index is 12.1. The first-order valence-corrected chi connectivity index (χ1v) is 19.1. The average Bonchev–Trinajstić information content (AvgIpc) is 3.69. The number of pyridine rings is 1. The number of hydrogen-bond donors (Lipinski definition) is 2. The molecule has 10 nitrogen and oxygen atoms in total. The van der Waals surface area contributed by atoms with Crippen molar-refractivity contribution in [1.29, 1.82) is 5.26 Å². The number of nitriles is 1. The second-order valence-electron chi connectivity index (χ2n) is 14.9. The number of benzene rings is 3. The fourth-order valence-corrected chi connectivity index (χ4v) is 8.20. The van der Waals surface area contributed by atoms with Crippen molar-refractivity contribution in [2.45, 2.75) is 77.4 Å². The van der Waals surface area contributed by atoms with Crippen molar-refractivity contribution in [3.05, 3.63) is 105 Å². The summed E-state index contributed by atoms with van der Waals surface area (Å²) >= 11 is 6.86. The number of hydrogen-bond acceptors (Lipinski definition) is 9. The Bertz CT molecular complexity index is 2050. The van der Waals surface area contributed by atoms with Crippen LogP contribution in [0.2, 0.25) is 5.02 Å². The van der Waals surface area contributed by atoms with E-state index >= 15 is 0 Å². The van der Waals surface area contributed by atoms with Crippen molar-refractivity contribution in [2.24, 2.45) is 5.92 Å². The molecule has 2 N–H and O–H groups in total. The Morgan fingerprint density at radius 2 is 1.78 bits per heavy atom. The number of carboxylic acids is 1. The third-order valence-corrected chi connectivity index (χ3v) is 11.5. The fourth-order valence-electron chi connectivity index (χ4n) is 7.96. The van der Waals surface area contributed by atoms with Gasteiger partial charge < -0.3 is 24.4 Å². The van der Waals surface area contributed by atoms with Crippen LogP contribution >= 0.6 is 11.6 Å². The number of β-amino-alcohol motifs (C(OH)–C–C–N with tert-alkyl or cyclic N) is 1. The van der Waals surface area contributed by atoms with Crippen LogP contribution in [0.4, 0.5) is 0 Å². The lowest BCUT2D eigenvalue weighted by molar-refractivity contribution is -0.144. The van der Waals surface area contributed by atoms with Gasteiger partial charge >= 0.3 is 5.97 Å². The summed E-state index contributed by atoms with van der Waals surface area (Å²) in [5.41, 5.74) is 6.85. The first-order valence-electron chi connectivity index (χ1n) is 18.8. The number of aliphatic hydroxyl groups is 1. The number of ether oxygens (including phenoxy) is 3. The van der Waals surface area contributed by atoms with Gasteiger partial charge in [0.05, 0.1) is 22.8 Å². The van der Waals surface area contributed by atoms with Gasteiger partial charge in [-0.15, -0.1) is 0 Å². The summed E-state index contributed by atoms with van der Waals surface area (Å²) in [5, 5.41) is 30.0. The molecule has 3 aromatic carbocycles. The molecule has 3 fully saturated rings. The van der Waals surface area contributed by atoms with E-state index in [1.54, 1.807) is 24.4 Å². The van der Waals surface area contributed by atoms with E-state index in [0.717, 1.165) is 90.0 Å². The van der Waals surface area contributed by atoms with E-state index in [9.17, 15) is 20.3 Å². The van der Waals surface area contributed by atoms with Gasteiger partial charge in [0.15, 0.2) is 0 Å². The summed E-state index contributed by atoms with van der Waals surface area (Å²) in [7, 11) is 0. The summed E-state index contributed by atoms with van der Waals surface area (Å²) in [6, 6.07) is 19.2. The highest BCUT2D eigenvalue weighted by molar-refractivity contribution is 6.32. The first kappa shape index (κ1) is 37.6. The molecule has 3 atom stereocenters. The first-order chi connectivity index (χ1) is 26.1. The number of likely N-dealkylation sites (tertiary alicyclic amines) is 2. The predicted molar refractivity (Wildman–Crippen MR) is 206 cm³/mol. The van der Waals surface area contributed by atoms with Gasteiger partial charge in [0.2, 0.25) is 0 Å². The molecule has 11 heteroatoms. The van der Waals surface area contributed by atoms with Crippen molar-refractivity contribution in [3.63, 3.8) is 0 Å². The summed E-state index contributed by atoms with van der Waals surface area (Å²) in [6.45, 7) is 8.94. The van der Waals surface area contributed by atoms with E-state index < -0.39 is 17.6 Å². The highest BCUT2D eigenvalue weighted by Gasteiger charge is 2.58. The van der Waals surface area contributed by atoms with Crippen molar-refractivity contribution >= 4 is 17.6 Å². The minimum absolute atomic E-state index is 0.158. The maximum Gasteiger partial charge on any atom is 0.320 e. The molecule has 1 aliphatic carbocycles. The number of rotatable bonds is 15. The van der Waals surface area contributed by atoms with Crippen LogP contribution in [-0.2, 0) is 24.6 Å². The summed E-state index contributed by atoms with van der Waals surface area (Å²) in [6.07, 6.45) is 7.39. The number of carbonyl (C=O) groups is 1. The van der Waals surface area contributed by atoms with E-state index in [2.05, 4.69) is 41.9 Å². The molecule has 2 aliphatic heterocycles. The quantitative estimate of drug-likeness (QED) is 0.119. The van der Waals surface area contributed by atoms with E-state index in [-0.39, 0.29) is 13.2 Å². The van der Waals surface area contributed by atoms with Crippen LogP contribution in [0.3, 0.4) is 0 Å². The smallest absolute Gasteiger partial charge is 0.320 e. The normalized spacial score (nSPS) is 20.9. The summed E-state index contributed by atoms with van der Waals surface area (Å²) in [5.74, 6) is 1.47. The molecule has 282 valence electrons. The molecule has 2 saturated heterocycles. The number of aliphatic carboxylic acids is 1. The molecular weight excluding hydrogens is 704 g/mol. The molecule has 0 radical (unpaired) electrons. The Labute approximate surface area is 321 Å². The van der Waals surface area contributed by atoms with Gasteiger partial charge in [0, 0.05) is 61.7 Å². The zero-order valence-corrected chi connectivity index (χ0v) is 31.6. The van der Waals surface area contributed by atoms with E-state index in [0.29, 0.717) is 54.1 Å². The highest BCUT2D eigenvalue weighted by Crippen LogP contribution is 2.49. The lowest BCUT2D eigenvalue weighted by Gasteiger charge is -2.33. The highest BCUT2D eigenvalue weighted by atomic mass is 35.5. The Morgan fingerprint density at radius 3 is 2.56 bits per heavy atom. The largest absolute Gasteiger partial charge is 0.493 e. The third-order valence-electron chi connectivity index (χ3n) is 11.2. The van der Waals surface area contributed by atoms with Gasteiger partial charge in [-0.1, -0.05) is 48.4 Å². The van der Waals surface area contributed by atoms with Gasteiger partial charge in [-0.25, -0.2) is 0 Å². The van der Waals surface area contributed by atoms with Crippen LogP contribution in [0.1, 0.15) is 65.5 Å². The van der Waals surface area contributed by atoms with Gasteiger partial charge in [-0.3, -0.25) is 19.6 Å². The Hall–Kier alpha value is -4.66. The monoisotopic (exact) mass is 750 g/mol. The predicted octanol–water partition coefficient (Wildman–Crippen LogP) is 7.32. The Balaban J connectivity index is 1.06. The molecule has 0 amide bonds. The number of nitrogens with zero attached hydrogens (tertiary/aromatic N) is 4. The van der Waals surface area contributed by atoms with Crippen LogP contribution in [-0.4, -0.2) is 75.4 Å². The van der Waals surface area contributed by atoms with Crippen LogP contribution in [0, 0.1) is 31.1 Å². The molecule has 54 heavy (non-hydrogen) atoms. The molecule has 3 heterocycles. The van der Waals surface area contributed by atoms with E-state index in [4.69, 9.17) is 25.8 Å². The maximum atomic E-state index is 12.1. The molecular formula is C43H47ClN4O6. The molecule has 0 bridgehead atoms. The Kier molecular flexibility index (Phi) is 11.4. The van der Waals surface area contributed by atoms with Crippen molar-refractivity contribution in [2.75, 3.05) is 32.8 Å². The van der Waals surface area contributed by atoms with Crippen LogP contribution in [0.5, 0.6) is 17.2 Å². The molecule has 1 saturated carbocycles. The number of piperidine rings is 2.